The lowest BCUT2D eigenvalue weighted by atomic mass is 9.56. The number of ether oxygens (including phenoxy) is 1. The lowest BCUT2D eigenvalue weighted by Gasteiger charge is -2.46. The summed E-state index contributed by atoms with van der Waals surface area (Å²) >= 11 is 6.27. The van der Waals surface area contributed by atoms with E-state index in [-0.39, 0.29) is 30.0 Å². The first-order valence-corrected chi connectivity index (χ1v) is 8.76. The van der Waals surface area contributed by atoms with Crippen LogP contribution in [0.25, 0.3) is 0 Å². The minimum atomic E-state index is -1.78. The number of hydrogen-bond acceptors (Lipinski definition) is 6. The molecule has 1 aromatic carbocycles. The summed E-state index contributed by atoms with van der Waals surface area (Å²) in [5.41, 5.74) is -3.21. The van der Waals surface area contributed by atoms with E-state index >= 15 is 0 Å². The topological polar surface area (TPSA) is 107 Å². The Morgan fingerprint density at radius 2 is 2.00 bits per heavy atom. The molecule has 0 bridgehead atoms. The Labute approximate surface area is 156 Å². The molecule has 1 aromatic rings. The van der Waals surface area contributed by atoms with E-state index in [1.165, 1.54) is 19.9 Å². The highest BCUT2D eigenvalue weighted by Gasteiger charge is 2.66. The highest BCUT2D eigenvalue weighted by Crippen LogP contribution is 2.54. The molecule has 0 radical (unpaired) electrons. The summed E-state index contributed by atoms with van der Waals surface area (Å²) in [5, 5.41) is 22.8. The van der Waals surface area contributed by atoms with Gasteiger partial charge in [-0.05, 0) is 45.2 Å². The summed E-state index contributed by atoms with van der Waals surface area (Å²) in [4.78, 5) is 36.8. The van der Waals surface area contributed by atoms with Gasteiger partial charge in [-0.25, -0.2) is 0 Å². The molecule has 0 heterocycles. The van der Waals surface area contributed by atoms with Crippen LogP contribution in [0.15, 0.2) is 24.3 Å². The van der Waals surface area contributed by atoms with Crippen LogP contribution in [-0.4, -0.2) is 40.0 Å². The number of nitrogens with zero attached hydrogens (tertiary/aromatic N) is 1. The number of Topliss-reactive ketones (excluding diaryl/α,β-unsaturated/α-hetero) is 1. The van der Waals surface area contributed by atoms with Gasteiger partial charge < -0.3 is 9.84 Å². The van der Waals surface area contributed by atoms with E-state index in [0.29, 0.717) is 0 Å². The van der Waals surface area contributed by atoms with Crippen molar-refractivity contribution in [1.82, 2.24) is 0 Å². The van der Waals surface area contributed by atoms with Crippen molar-refractivity contribution in [2.24, 2.45) is 5.41 Å². The zero-order chi connectivity index (χ0) is 19.7. The van der Waals surface area contributed by atoms with Crippen LogP contribution in [0.4, 0.5) is 0 Å². The quantitative estimate of drug-likeness (QED) is 0.362. The predicted octanol–water partition coefficient (Wildman–Crippen LogP) is 2.75. The maximum Gasteiger partial charge on any atom is 0.320 e. The molecule has 26 heavy (non-hydrogen) atoms. The fraction of sp³-hybridized carbons (Fsp3) is 0.556. The lowest BCUT2D eigenvalue weighted by Crippen LogP contribution is -2.61. The molecular formula is C18H22ClNO6. The number of benzene rings is 1. The van der Waals surface area contributed by atoms with Gasteiger partial charge in [0.2, 0.25) is 6.04 Å². The van der Waals surface area contributed by atoms with Crippen molar-refractivity contribution in [2.75, 3.05) is 6.61 Å². The molecule has 0 aliphatic heterocycles. The molecule has 0 unspecified atom stereocenters. The SMILES string of the molecule is CCOC(=O)[C@]1(C(C)=O)CC[C@@](C)(O)[C@@H]([N+](=O)[O-])[C@@H]1c1ccccc1Cl. The minimum Gasteiger partial charge on any atom is -0.465 e. The van der Waals surface area contributed by atoms with Gasteiger partial charge in [0.15, 0.2) is 0 Å². The molecule has 0 aromatic heterocycles. The predicted molar refractivity (Wildman–Crippen MR) is 94.6 cm³/mol. The second-order valence-corrected chi connectivity index (χ2v) is 7.24. The molecule has 4 atom stereocenters. The molecule has 1 aliphatic carbocycles. The zero-order valence-electron chi connectivity index (χ0n) is 14.9. The summed E-state index contributed by atoms with van der Waals surface area (Å²) in [6, 6.07) is 4.75. The Hall–Kier alpha value is -1.99. The first-order valence-electron chi connectivity index (χ1n) is 8.38. The van der Waals surface area contributed by atoms with Crippen molar-refractivity contribution in [1.29, 1.82) is 0 Å². The molecule has 1 N–H and O–H groups in total. The molecule has 1 aliphatic rings. The van der Waals surface area contributed by atoms with E-state index in [4.69, 9.17) is 16.3 Å². The molecule has 0 amide bonds. The van der Waals surface area contributed by atoms with Crippen LogP contribution in [0.1, 0.15) is 45.1 Å². The zero-order valence-corrected chi connectivity index (χ0v) is 15.7. The van der Waals surface area contributed by atoms with Gasteiger partial charge in [0.05, 0.1) is 12.5 Å². The van der Waals surface area contributed by atoms with E-state index in [1.807, 2.05) is 0 Å². The molecule has 1 fully saturated rings. The second-order valence-electron chi connectivity index (χ2n) is 6.83. The third kappa shape index (κ3) is 3.21. The van der Waals surface area contributed by atoms with Crippen molar-refractivity contribution in [3.63, 3.8) is 0 Å². The highest BCUT2D eigenvalue weighted by atomic mass is 35.5. The molecule has 0 saturated heterocycles. The van der Waals surface area contributed by atoms with Gasteiger partial charge in [-0.2, -0.15) is 0 Å². The number of esters is 1. The number of nitro groups is 1. The fourth-order valence-electron chi connectivity index (χ4n) is 3.92. The van der Waals surface area contributed by atoms with Gasteiger partial charge in [-0.3, -0.25) is 19.7 Å². The smallest absolute Gasteiger partial charge is 0.320 e. The number of carbonyl (C=O) groups excluding carboxylic acids is 2. The van der Waals surface area contributed by atoms with Crippen LogP contribution in [0.3, 0.4) is 0 Å². The molecular weight excluding hydrogens is 362 g/mol. The van der Waals surface area contributed by atoms with E-state index in [2.05, 4.69) is 0 Å². The van der Waals surface area contributed by atoms with Gasteiger partial charge >= 0.3 is 5.97 Å². The number of aliphatic hydroxyl groups is 1. The first kappa shape index (κ1) is 20.3. The van der Waals surface area contributed by atoms with Crippen LogP contribution in [0.5, 0.6) is 0 Å². The van der Waals surface area contributed by atoms with Gasteiger partial charge in [0.1, 0.15) is 16.8 Å². The lowest BCUT2D eigenvalue weighted by molar-refractivity contribution is -0.555. The van der Waals surface area contributed by atoms with Crippen LogP contribution in [0.2, 0.25) is 5.02 Å². The van der Waals surface area contributed by atoms with E-state index < -0.39 is 39.7 Å². The average molecular weight is 384 g/mol. The normalized spacial score (nSPS) is 31.3. The largest absolute Gasteiger partial charge is 0.465 e. The summed E-state index contributed by atoms with van der Waals surface area (Å²) in [7, 11) is 0. The third-order valence-electron chi connectivity index (χ3n) is 5.24. The Morgan fingerprint density at radius 1 is 1.38 bits per heavy atom. The number of halogens is 1. The molecule has 2 rings (SSSR count). The third-order valence-corrected chi connectivity index (χ3v) is 5.59. The van der Waals surface area contributed by atoms with Crippen molar-refractivity contribution >= 4 is 23.4 Å². The van der Waals surface area contributed by atoms with Crippen LogP contribution in [0, 0.1) is 15.5 Å². The summed E-state index contributed by atoms with van der Waals surface area (Å²) in [5.74, 6) is -2.60. The van der Waals surface area contributed by atoms with E-state index in [9.17, 15) is 24.8 Å². The summed E-state index contributed by atoms with van der Waals surface area (Å²) in [6.07, 6.45) is -0.146. The van der Waals surface area contributed by atoms with Crippen LogP contribution < -0.4 is 0 Å². The fourth-order valence-corrected chi connectivity index (χ4v) is 4.17. The standard InChI is InChI=1S/C18H22ClNO6/c1-4-26-16(22)18(11(2)21)10-9-17(3,23)15(20(24)25)14(18)12-7-5-6-8-13(12)19/h5-8,14-15,23H,4,9-10H2,1-3H3/t14-,15-,17+,18-/m0/s1. The van der Waals surface area contributed by atoms with Crippen molar-refractivity contribution in [3.8, 4) is 0 Å². The Kier molecular flexibility index (Phi) is 5.73. The Morgan fingerprint density at radius 3 is 2.50 bits per heavy atom. The van der Waals surface area contributed by atoms with Crippen LogP contribution in [-0.2, 0) is 14.3 Å². The van der Waals surface area contributed by atoms with Gasteiger partial charge in [-0.1, -0.05) is 29.8 Å². The summed E-state index contributed by atoms with van der Waals surface area (Å²) in [6.45, 7) is 4.19. The molecule has 0 spiro atoms. The van der Waals surface area contributed by atoms with Gasteiger partial charge in [-0.15, -0.1) is 0 Å². The number of carbonyl (C=O) groups is 2. The maximum absolute atomic E-state index is 12.8. The van der Waals surface area contributed by atoms with E-state index in [1.54, 1.807) is 25.1 Å². The van der Waals surface area contributed by atoms with Crippen LogP contribution >= 0.6 is 11.6 Å². The Balaban J connectivity index is 2.81. The average Bonchev–Trinajstić information content (AvgIpc) is 2.54. The van der Waals surface area contributed by atoms with Crippen molar-refractivity contribution < 1.29 is 24.4 Å². The molecule has 7 nitrogen and oxygen atoms in total. The number of ketones is 1. The van der Waals surface area contributed by atoms with E-state index in [0.717, 1.165) is 0 Å². The van der Waals surface area contributed by atoms with Crippen molar-refractivity contribution in [3.05, 3.63) is 45.0 Å². The number of hydrogen-bond donors (Lipinski definition) is 1. The highest BCUT2D eigenvalue weighted by molar-refractivity contribution is 6.31. The second kappa shape index (κ2) is 7.32. The molecule has 1 saturated carbocycles. The summed E-state index contributed by atoms with van der Waals surface area (Å²) < 4.78 is 5.13. The molecule has 142 valence electrons. The maximum atomic E-state index is 12.8. The number of rotatable bonds is 5. The van der Waals surface area contributed by atoms with Gasteiger partial charge in [0, 0.05) is 9.95 Å². The first-order chi connectivity index (χ1) is 12.1. The molecule has 8 heteroatoms. The minimum absolute atomic E-state index is 0.0304. The monoisotopic (exact) mass is 383 g/mol. The van der Waals surface area contributed by atoms with Crippen molar-refractivity contribution in [2.45, 2.75) is 51.2 Å². The van der Waals surface area contributed by atoms with Gasteiger partial charge in [0.25, 0.3) is 0 Å². The Bertz CT molecular complexity index is 734.